The molecule has 0 aliphatic rings. The number of nitrogens with one attached hydrogen (secondary N) is 1. The van der Waals surface area contributed by atoms with Crippen LogP contribution in [0.15, 0.2) is 42.6 Å². The Balaban J connectivity index is 1.73. The standard InChI is InChI=1S/C16H11F3N4O2S/c17-16(18,19)11-3-1-10(2-4-11)14(25)22-15-21-13(23-26-15)12-7-9(8-24)5-6-20-12/h1-7,24H,8H2,(H,21,22,23,25). The van der Waals surface area contributed by atoms with Gasteiger partial charge in [-0.1, -0.05) is 0 Å². The highest BCUT2D eigenvalue weighted by Gasteiger charge is 2.30. The molecule has 0 spiro atoms. The van der Waals surface area contributed by atoms with Crippen molar-refractivity contribution in [2.45, 2.75) is 12.8 Å². The lowest BCUT2D eigenvalue weighted by Crippen LogP contribution is -2.12. The number of hydrogen-bond acceptors (Lipinski definition) is 6. The van der Waals surface area contributed by atoms with Gasteiger partial charge < -0.3 is 5.11 Å². The summed E-state index contributed by atoms with van der Waals surface area (Å²) in [5.41, 5.74) is 0.306. The van der Waals surface area contributed by atoms with Crippen molar-refractivity contribution in [3.05, 3.63) is 59.3 Å². The monoisotopic (exact) mass is 380 g/mol. The van der Waals surface area contributed by atoms with Crippen molar-refractivity contribution < 1.29 is 23.1 Å². The van der Waals surface area contributed by atoms with Gasteiger partial charge in [-0.3, -0.25) is 15.1 Å². The normalized spacial score (nSPS) is 11.4. The van der Waals surface area contributed by atoms with E-state index in [0.717, 1.165) is 35.8 Å². The number of carbonyl (C=O) groups excluding carboxylic acids is 1. The number of hydrogen-bond donors (Lipinski definition) is 2. The number of aromatic nitrogens is 3. The quantitative estimate of drug-likeness (QED) is 0.725. The SMILES string of the molecule is O=C(Nc1nc(-c2cc(CO)ccn2)ns1)c1ccc(C(F)(F)F)cc1. The maximum Gasteiger partial charge on any atom is 0.416 e. The molecule has 2 heterocycles. The molecule has 2 N–H and O–H groups in total. The van der Waals surface area contributed by atoms with Crippen LogP contribution in [0.1, 0.15) is 21.5 Å². The fourth-order valence-corrected chi connectivity index (χ4v) is 2.63. The van der Waals surface area contributed by atoms with Gasteiger partial charge in [-0.2, -0.15) is 22.5 Å². The molecule has 2 aromatic heterocycles. The first-order valence-corrected chi connectivity index (χ1v) is 8.02. The minimum absolute atomic E-state index is 0.0650. The number of aliphatic hydroxyl groups excluding tert-OH is 1. The molecule has 1 amide bonds. The van der Waals surface area contributed by atoms with E-state index >= 15 is 0 Å². The summed E-state index contributed by atoms with van der Waals surface area (Å²) in [5, 5.41) is 11.8. The fourth-order valence-electron chi connectivity index (χ4n) is 2.05. The molecule has 0 atom stereocenters. The van der Waals surface area contributed by atoms with E-state index in [4.69, 9.17) is 5.11 Å². The van der Waals surface area contributed by atoms with E-state index in [9.17, 15) is 18.0 Å². The van der Waals surface area contributed by atoms with Crippen molar-refractivity contribution in [3.8, 4) is 11.5 Å². The summed E-state index contributed by atoms with van der Waals surface area (Å²) in [7, 11) is 0. The summed E-state index contributed by atoms with van der Waals surface area (Å²) in [6, 6.07) is 7.11. The molecule has 6 nitrogen and oxygen atoms in total. The number of halogens is 3. The van der Waals surface area contributed by atoms with E-state index < -0.39 is 17.6 Å². The number of carbonyl (C=O) groups is 1. The van der Waals surface area contributed by atoms with Gasteiger partial charge in [0.15, 0.2) is 5.82 Å². The van der Waals surface area contributed by atoms with Gasteiger partial charge in [0.2, 0.25) is 5.13 Å². The number of nitrogens with zero attached hydrogens (tertiary/aromatic N) is 3. The van der Waals surface area contributed by atoms with Crippen LogP contribution in [0.5, 0.6) is 0 Å². The summed E-state index contributed by atoms with van der Waals surface area (Å²) in [5.74, 6) is -0.327. The minimum atomic E-state index is -4.46. The highest BCUT2D eigenvalue weighted by Crippen LogP contribution is 2.29. The highest BCUT2D eigenvalue weighted by molar-refractivity contribution is 7.10. The van der Waals surface area contributed by atoms with Crippen LogP contribution in [0.2, 0.25) is 0 Å². The molecular formula is C16H11F3N4O2S. The molecule has 134 valence electrons. The predicted octanol–water partition coefficient (Wildman–Crippen LogP) is 3.36. The van der Waals surface area contributed by atoms with Crippen molar-refractivity contribution in [2.24, 2.45) is 0 Å². The molecule has 0 aliphatic heterocycles. The number of amides is 1. The van der Waals surface area contributed by atoms with Crippen molar-refractivity contribution in [3.63, 3.8) is 0 Å². The summed E-state index contributed by atoms with van der Waals surface area (Å²) >= 11 is 0.913. The first-order valence-electron chi connectivity index (χ1n) is 7.25. The zero-order valence-corrected chi connectivity index (χ0v) is 13.8. The molecule has 0 bridgehead atoms. The van der Waals surface area contributed by atoms with Gasteiger partial charge in [-0.05, 0) is 42.0 Å². The second kappa shape index (κ2) is 7.18. The molecule has 10 heteroatoms. The third-order valence-corrected chi connectivity index (χ3v) is 3.99. The predicted molar refractivity (Wildman–Crippen MR) is 88.5 cm³/mol. The van der Waals surface area contributed by atoms with Gasteiger partial charge in [-0.15, -0.1) is 0 Å². The lowest BCUT2D eigenvalue weighted by Gasteiger charge is -2.07. The Hall–Kier alpha value is -2.85. The topological polar surface area (TPSA) is 88.0 Å². The van der Waals surface area contributed by atoms with Gasteiger partial charge >= 0.3 is 6.18 Å². The molecule has 0 radical (unpaired) electrons. The molecule has 1 aromatic carbocycles. The Bertz CT molecular complexity index is 926. The second-order valence-electron chi connectivity index (χ2n) is 5.16. The van der Waals surface area contributed by atoms with Gasteiger partial charge in [-0.25, -0.2) is 0 Å². The van der Waals surface area contributed by atoms with Gasteiger partial charge in [0, 0.05) is 23.3 Å². The Kier molecular flexibility index (Phi) is 4.96. The van der Waals surface area contributed by atoms with Crippen LogP contribution in [0, 0.1) is 0 Å². The van der Waals surface area contributed by atoms with Crippen LogP contribution < -0.4 is 5.32 Å². The largest absolute Gasteiger partial charge is 0.416 e. The number of benzene rings is 1. The van der Waals surface area contributed by atoms with Crippen LogP contribution in [0.25, 0.3) is 11.5 Å². The minimum Gasteiger partial charge on any atom is -0.392 e. The van der Waals surface area contributed by atoms with E-state index in [2.05, 4.69) is 19.7 Å². The number of aliphatic hydroxyl groups is 1. The second-order valence-corrected chi connectivity index (χ2v) is 5.91. The summed E-state index contributed by atoms with van der Waals surface area (Å²) in [6.07, 6.45) is -2.96. The van der Waals surface area contributed by atoms with Crippen molar-refractivity contribution in [1.82, 2.24) is 14.3 Å². The number of anilines is 1. The smallest absolute Gasteiger partial charge is 0.392 e. The van der Waals surface area contributed by atoms with E-state index in [-0.39, 0.29) is 23.1 Å². The molecule has 26 heavy (non-hydrogen) atoms. The number of pyridine rings is 1. The van der Waals surface area contributed by atoms with Crippen LogP contribution in [0.3, 0.4) is 0 Å². The van der Waals surface area contributed by atoms with Crippen LogP contribution in [0.4, 0.5) is 18.3 Å². The average molecular weight is 380 g/mol. The average Bonchev–Trinajstić information content (AvgIpc) is 3.09. The van der Waals surface area contributed by atoms with Crippen molar-refractivity contribution in [2.75, 3.05) is 5.32 Å². The third kappa shape index (κ3) is 4.03. The molecule has 3 aromatic rings. The van der Waals surface area contributed by atoms with E-state index in [1.54, 1.807) is 12.1 Å². The van der Waals surface area contributed by atoms with Crippen LogP contribution in [-0.2, 0) is 12.8 Å². The third-order valence-electron chi connectivity index (χ3n) is 3.36. The first kappa shape index (κ1) is 18.0. The van der Waals surface area contributed by atoms with Gasteiger partial charge in [0.05, 0.1) is 12.2 Å². The number of alkyl halides is 3. The zero-order valence-electron chi connectivity index (χ0n) is 13.0. The molecule has 0 fully saturated rings. The number of rotatable bonds is 4. The maximum absolute atomic E-state index is 12.5. The zero-order chi connectivity index (χ0) is 18.7. The van der Waals surface area contributed by atoms with Crippen molar-refractivity contribution >= 4 is 22.6 Å². The van der Waals surface area contributed by atoms with Crippen molar-refractivity contribution in [1.29, 1.82) is 0 Å². The molecule has 0 saturated carbocycles. The van der Waals surface area contributed by atoms with E-state index in [1.807, 2.05) is 0 Å². The highest BCUT2D eigenvalue weighted by atomic mass is 32.1. The van der Waals surface area contributed by atoms with E-state index in [1.165, 1.54) is 6.20 Å². The fraction of sp³-hybridized carbons (Fsp3) is 0.125. The van der Waals surface area contributed by atoms with Gasteiger partial charge in [0.25, 0.3) is 5.91 Å². The molecule has 0 unspecified atom stereocenters. The Morgan fingerprint density at radius 3 is 2.58 bits per heavy atom. The lowest BCUT2D eigenvalue weighted by molar-refractivity contribution is -0.137. The van der Waals surface area contributed by atoms with E-state index in [0.29, 0.717) is 11.3 Å². The van der Waals surface area contributed by atoms with Gasteiger partial charge in [0.1, 0.15) is 5.69 Å². The van der Waals surface area contributed by atoms with Crippen LogP contribution in [-0.4, -0.2) is 25.4 Å². The summed E-state index contributed by atoms with van der Waals surface area (Å²) in [4.78, 5) is 20.3. The Morgan fingerprint density at radius 2 is 1.92 bits per heavy atom. The van der Waals surface area contributed by atoms with Crippen LogP contribution >= 0.6 is 11.5 Å². The lowest BCUT2D eigenvalue weighted by atomic mass is 10.1. The molecular weight excluding hydrogens is 369 g/mol. The Labute approximate surface area is 149 Å². The maximum atomic E-state index is 12.5. The Morgan fingerprint density at radius 1 is 1.19 bits per heavy atom. The molecule has 0 aliphatic carbocycles. The molecule has 0 saturated heterocycles. The summed E-state index contributed by atoms with van der Waals surface area (Å²) < 4.78 is 41.7. The molecule has 3 rings (SSSR count). The summed E-state index contributed by atoms with van der Waals surface area (Å²) in [6.45, 7) is -0.156. The first-order chi connectivity index (χ1) is 12.4.